The molecule has 0 radical (unpaired) electrons. The maximum Gasteiger partial charge on any atom is 0.223 e. The summed E-state index contributed by atoms with van der Waals surface area (Å²) in [4.78, 5) is 23.0. The lowest BCUT2D eigenvalue weighted by molar-refractivity contribution is -0.122. The largest absolute Gasteiger partial charge is 0.348 e. The van der Waals surface area contributed by atoms with Crippen molar-refractivity contribution in [1.82, 2.24) is 5.32 Å². The predicted octanol–water partition coefficient (Wildman–Crippen LogP) is 2.16. The van der Waals surface area contributed by atoms with Crippen molar-refractivity contribution in [2.45, 2.75) is 12.8 Å². The molecule has 16 heavy (non-hydrogen) atoms. The lowest BCUT2D eigenvalue weighted by Crippen LogP contribution is -2.30. The van der Waals surface area contributed by atoms with Gasteiger partial charge in [-0.2, -0.15) is 0 Å². The van der Waals surface area contributed by atoms with E-state index in [1.807, 2.05) is 12.1 Å². The van der Waals surface area contributed by atoms with Crippen LogP contribution in [-0.2, 0) is 4.79 Å². The van der Waals surface area contributed by atoms with Crippen molar-refractivity contribution in [3.05, 3.63) is 34.3 Å². The van der Waals surface area contributed by atoms with Crippen LogP contribution in [0, 0.1) is 5.92 Å². The van der Waals surface area contributed by atoms with Gasteiger partial charge >= 0.3 is 0 Å². The summed E-state index contributed by atoms with van der Waals surface area (Å²) >= 11 is 3.30. The van der Waals surface area contributed by atoms with Crippen molar-refractivity contribution >= 4 is 27.6 Å². The van der Waals surface area contributed by atoms with Crippen LogP contribution in [0.25, 0.3) is 0 Å². The molecule has 1 aromatic carbocycles. The summed E-state index contributed by atoms with van der Waals surface area (Å²) in [6.07, 6.45) is 1.91. The van der Waals surface area contributed by atoms with E-state index in [9.17, 15) is 9.59 Å². The van der Waals surface area contributed by atoms with Crippen LogP contribution >= 0.6 is 15.9 Å². The van der Waals surface area contributed by atoms with E-state index in [0.717, 1.165) is 17.3 Å². The Labute approximate surface area is 102 Å². The van der Waals surface area contributed by atoms with E-state index in [1.54, 1.807) is 12.1 Å². The van der Waals surface area contributed by atoms with Crippen molar-refractivity contribution in [1.29, 1.82) is 0 Å². The van der Waals surface area contributed by atoms with E-state index in [-0.39, 0.29) is 24.2 Å². The maximum atomic E-state index is 11.7. The molecule has 1 amide bonds. The van der Waals surface area contributed by atoms with Crippen molar-refractivity contribution < 1.29 is 9.59 Å². The van der Waals surface area contributed by atoms with E-state index in [2.05, 4.69) is 21.2 Å². The second-order valence-electron chi connectivity index (χ2n) is 3.92. The molecule has 2 rings (SSSR count). The lowest BCUT2D eigenvalue weighted by Gasteiger charge is -2.03. The Bertz CT molecular complexity index is 410. The molecule has 3 nitrogen and oxygen atoms in total. The van der Waals surface area contributed by atoms with E-state index < -0.39 is 0 Å². The molecule has 0 aliphatic heterocycles. The number of Topliss-reactive ketones (excluding diaryl/α,β-unsaturated/α-hetero) is 1. The molecule has 0 bridgehead atoms. The molecular weight excluding hydrogens is 270 g/mol. The number of carbonyl (C=O) groups is 2. The van der Waals surface area contributed by atoms with Crippen LogP contribution in [0.1, 0.15) is 23.2 Å². The smallest absolute Gasteiger partial charge is 0.223 e. The summed E-state index contributed by atoms with van der Waals surface area (Å²) < 4.78 is 0.936. The Morgan fingerprint density at radius 3 is 2.44 bits per heavy atom. The highest BCUT2D eigenvalue weighted by molar-refractivity contribution is 9.10. The van der Waals surface area contributed by atoms with Gasteiger partial charge in [0.15, 0.2) is 5.78 Å². The average molecular weight is 282 g/mol. The van der Waals surface area contributed by atoms with Gasteiger partial charge < -0.3 is 5.32 Å². The summed E-state index contributed by atoms with van der Waals surface area (Å²) in [6, 6.07) is 7.12. The summed E-state index contributed by atoms with van der Waals surface area (Å²) in [5, 5.41) is 2.66. The Hall–Kier alpha value is -1.16. The number of hydrogen-bond acceptors (Lipinski definition) is 2. The molecule has 0 saturated heterocycles. The van der Waals surface area contributed by atoms with Gasteiger partial charge in [0.1, 0.15) is 0 Å². The van der Waals surface area contributed by atoms with Crippen LogP contribution in [0.2, 0.25) is 0 Å². The zero-order valence-electron chi connectivity index (χ0n) is 8.70. The minimum Gasteiger partial charge on any atom is -0.348 e. The molecule has 0 aromatic heterocycles. The molecule has 1 aliphatic rings. The van der Waals surface area contributed by atoms with Crippen LogP contribution in [0.15, 0.2) is 28.7 Å². The summed E-state index contributed by atoms with van der Waals surface area (Å²) in [6.45, 7) is 0.0942. The highest BCUT2D eigenvalue weighted by Crippen LogP contribution is 2.28. The number of rotatable bonds is 4. The molecule has 0 atom stereocenters. The third kappa shape index (κ3) is 2.92. The third-order valence-corrected chi connectivity index (χ3v) is 3.07. The minimum absolute atomic E-state index is 0.00506. The van der Waals surface area contributed by atoms with Crippen LogP contribution in [0.3, 0.4) is 0 Å². The second kappa shape index (κ2) is 4.78. The molecule has 84 valence electrons. The number of benzene rings is 1. The third-order valence-electron chi connectivity index (χ3n) is 2.54. The fourth-order valence-corrected chi connectivity index (χ4v) is 1.66. The fraction of sp³-hybridized carbons (Fsp3) is 0.333. The Balaban J connectivity index is 1.87. The van der Waals surface area contributed by atoms with Gasteiger partial charge in [0.2, 0.25) is 5.91 Å². The number of hydrogen-bond donors (Lipinski definition) is 1. The first kappa shape index (κ1) is 11.3. The molecule has 1 aliphatic carbocycles. The monoisotopic (exact) mass is 281 g/mol. The van der Waals surface area contributed by atoms with Gasteiger partial charge in [-0.25, -0.2) is 0 Å². The average Bonchev–Trinajstić information content (AvgIpc) is 3.10. The number of ketones is 1. The van der Waals surface area contributed by atoms with E-state index in [4.69, 9.17) is 0 Å². The number of halogens is 1. The molecule has 1 saturated carbocycles. The highest BCUT2D eigenvalue weighted by atomic mass is 79.9. The van der Waals surface area contributed by atoms with Gasteiger partial charge in [-0.3, -0.25) is 9.59 Å². The van der Waals surface area contributed by atoms with Gasteiger partial charge in [0, 0.05) is 16.0 Å². The maximum absolute atomic E-state index is 11.7. The van der Waals surface area contributed by atoms with Gasteiger partial charge in [0.05, 0.1) is 6.54 Å². The zero-order chi connectivity index (χ0) is 11.5. The molecule has 0 heterocycles. The summed E-state index contributed by atoms with van der Waals surface area (Å²) in [5.74, 6) is 0.102. The van der Waals surface area contributed by atoms with E-state index >= 15 is 0 Å². The Morgan fingerprint density at radius 1 is 1.25 bits per heavy atom. The minimum atomic E-state index is -0.0542. The van der Waals surface area contributed by atoms with Crippen LogP contribution in [-0.4, -0.2) is 18.2 Å². The summed E-state index contributed by atoms with van der Waals surface area (Å²) in [5.41, 5.74) is 0.624. The Kier molecular flexibility index (Phi) is 3.39. The lowest BCUT2D eigenvalue weighted by atomic mass is 10.1. The standard InChI is InChI=1S/C12H12BrNO2/c13-10-5-3-8(4-6-10)11(15)7-14-12(16)9-1-2-9/h3-6,9H,1-2,7H2,(H,14,16). The fourth-order valence-electron chi connectivity index (χ4n) is 1.40. The van der Waals surface area contributed by atoms with Gasteiger partial charge in [-0.1, -0.05) is 28.1 Å². The quantitative estimate of drug-likeness (QED) is 0.860. The van der Waals surface area contributed by atoms with Crippen molar-refractivity contribution in [3.63, 3.8) is 0 Å². The number of amides is 1. The highest BCUT2D eigenvalue weighted by Gasteiger charge is 2.29. The van der Waals surface area contributed by atoms with Crippen LogP contribution in [0.4, 0.5) is 0 Å². The number of carbonyl (C=O) groups excluding carboxylic acids is 2. The first-order valence-corrected chi connectivity index (χ1v) is 6.02. The van der Waals surface area contributed by atoms with Gasteiger partial charge in [-0.15, -0.1) is 0 Å². The van der Waals surface area contributed by atoms with Crippen LogP contribution in [0.5, 0.6) is 0 Å². The van der Waals surface area contributed by atoms with E-state index in [0.29, 0.717) is 5.56 Å². The topological polar surface area (TPSA) is 46.2 Å². The molecule has 1 fully saturated rings. The zero-order valence-corrected chi connectivity index (χ0v) is 10.3. The van der Waals surface area contributed by atoms with Crippen molar-refractivity contribution in [3.8, 4) is 0 Å². The van der Waals surface area contributed by atoms with Crippen molar-refractivity contribution in [2.24, 2.45) is 5.92 Å². The van der Waals surface area contributed by atoms with E-state index in [1.165, 1.54) is 0 Å². The molecule has 1 N–H and O–H groups in total. The molecule has 0 spiro atoms. The first-order chi connectivity index (χ1) is 7.66. The second-order valence-corrected chi connectivity index (χ2v) is 4.84. The predicted molar refractivity (Wildman–Crippen MR) is 64.2 cm³/mol. The summed E-state index contributed by atoms with van der Waals surface area (Å²) in [7, 11) is 0. The molecule has 1 aromatic rings. The normalized spacial score (nSPS) is 14.6. The number of nitrogens with one attached hydrogen (secondary N) is 1. The first-order valence-electron chi connectivity index (χ1n) is 5.23. The Morgan fingerprint density at radius 2 is 1.88 bits per heavy atom. The van der Waals surface area contributed by atoms with Crippen LogP contribution < -0.4 is 5.32 Å². The molecular formula is C12H12BrNO2. The van der Waals surface area contributed by atoms with Gasteiger partial charge in [0.25, 0.3) is 0 Å². The molecule has 0 unspecified atom stereocenters. The van der Waals surface area contributed by atoms with Gasteiger partial charge in [-0.05, 0) is 25.0 Å². The SMILES string of the molecule is O=C(CNC(=O)C1CC1)c1ccc(Br)cc1. The van der Waals surface area contributed by atoms with Crippen molar-refractivity contribution in [2.75, 3.05) is 6.54 Å². The molecule has 4 heteroatoms.